The number of aliphatic carboxylic acids is 1. The van der Waals surface area contributed by atoms with Gasteiger partial charge in [0.15, 0.2) is 0 Å². The average molecular weight is 256 g/mol. The Bertz CT molecular complexity index is 404. The average Bonchev–Trinajstić information content (AvgIpc) is 2.25. The summed E-state index contributed by atoms with van der Waals surface area (Å²) >= 11 is 5.91. The van der Waals surface area contributed by atoms with Gasteiger partial charge in [0.25, 0.3) is 0 Å². The first-order valence-electron chi connectivity index (χ1n) is 5.60. The maximum absolute atomic E-state index is 11.2. The van der Waals surface area contributed by atoms with Crippen molar-refractivity contribution >= 4 is 17.6 Å². The summed E-state index contributed by atoms with van der Waals surface area (Å²) < 4.78 is 0. The number of carbonyl (C=O) groups is 1. The Hall–Kier alpha value is -1.06. The molecule has 1 rings (SSSR count). The molecule has 1 aromatic rings. The SMILES string of the molecule is CCN(Cc1cccc(Cl)c1)C(C)(C)C(=O)O. The molecule has 0 fully saturated rings. The quantitative estimate of drug-likeness (QED) is 0.879. The zero-order valence-corrected chi connectivity index (χ0v) is 11.2. The van der Waals surface area contributed by atoms with Crippen LogP contribution in [0.1, 0.15) is 26.3 Å². The van der Waals surface area contributed by atoms with Gasteiger partial charge in [0.2, 0.25) is 0 Å². The lowest BCUT2D eigenvalue weighted by Gasteiger charge is -2.34. The Labute approximate surface area is 107 Å². The fourth-order valence-electron chi connectivity index (χ4n) is 1.70. The van der Waals surface area contributed by atoms with Crippen LogP contribution < -0.4 is 0 Å². The van der Waals surface area contributed by atoms with E-state index >= 15 is 0 Å². The molecule has 4 heteroatoms. The number of nitrogens with zero attached hydrogens (tertiary/aromatic N) is 1. The fraction of sp³-hybridized carbons (Fsp3) is 0.462. The van der Waals surface area contributed by atoms with Crippen LogP contribution in [0.5, 0.6) is 0 Å². The largest absolute Gasteiger partial charge is 0.480 e. The Morgan fingerprint density at radius 2 is 2.12 bits per heavy atom. The van der Waals surface area contributed by atoms with Gasteiger partial charge in [0.1, 0.15) is 5.54 Å². The zero-order valence-electron chi connectivity index (χ0n) is 10.4. The van der Waals surface area contributed by atoms with Crippen LogP contribution in [0.15, 0.2) is 24.3 Å². The molecular formula is C13H18ClNO2. The molecule has 0 bridgehead atoms. The topological polar surface area (TPSA) is 40.5 Å². The van der Waals surface area contributed by atoms with Crippen LogP contribution in [-0.2, 0) is 11.3 Å². The molecule has 0 saturated heterocycles. The number of rotatable bonds is 5. The molecule has 0 atom stereocenters. The van der Waals surface area contributed by atoms with Gasteiger partial charge < -0.3 is 5.11 Å². The molecule has 0 aliphatic heterocycles. The van der Waals surface area contributed by atoms with Crippen LogP contribution >= 0.6 is 11.6 Å². The van der Waals surface area contributed by atoms with Crippen molar-refractivity contribution in [3.05, 3.63) is 34.9 Å². The van der Waals surface area contributed by atoms with Crippen LogP contribution in [0.4, 0.5) is 0 Å². The standard InChI is InChI=1S/C13H18ClNO2/c1-4-15(13(2,3)12(16)17)9-10-6-5-7-11(14)8-10/h5-8H,4,9H2,1-3H3,(H,16,17). The van der Waals surface area contributed by atoms with Crippen LogP contribution in [-0.4, -0.2) is 28.1 Å². The van der Waals surface area contributed by atoms with Gasteiger partial charge in [0, 0.05) is 11.6 Å². The number of halogens is 1. The maximum Gasteiger partial charge on any atom is 0.323 e. The summed E-state index contributed by atoms with van der Waals surface area (Å²) in [6.07, 6.45) is 0. The van der Waals surface area contributed by atoms with Gasteiger partial charge in [-0.1, -0.05) is 30.7 Å². The summed E-state index contributed by atoms with van der Waals surface area (Å²) in [6, 6.07) is 7.50. The molecule has 17 heavy (non-hydrogen) atoms. The van der Waals surface area contributed by atoms with E-state index in [9.17, 15) is 9.90 Å². The molecule has 0 radical (unpaired) electrons. The molecule has 0 amide bonds. The minimum Gasteiger partial charge on any atom is -0.480 e. The van der Waals surface area contributed by atoms with Gasteiger partial charge in [-0.15, -0.1) is 0 Å². The summed E-state index contributed by atoms with van der Waals surface area (Å²) in [4.78, 5) is 13.1. The first kappa shape index (κ1) is 14.0. The highest BCUT2D eigenvalue weighted by atomic mass is 35.5. The normalized spacial score (nSPS) is 11.8. The molecule has 3 nitrogen and oxygen atoms in total. The number of hydrogen-bond donors (Lipinski definition) is 1. The lowest BCUT2D eigenvalue weighted by Crippen LogP contribution is -2.49. The highest BCUT2D eigenvalue weighted by Gasteiger charge is 2.33. The zero-order chi connectivity index (χ0) is 13.1. The van der Waals surface area contributed by atoms with E-state index < -0.39 is 11.5 Å². The van der Waals surface area contributed by atoms with E-state index in [1.54, 1.807) is 13.8 Å². The van der Waals surface area contributed by atoms with Crippen LogP contribution in [0.25, 0.3) is 0 Å². The molecular weight excluding hydrogens is 238 g/mol. The van der Waals surface area contributed by atoms with E-state index in [-0.39, 0.29) is 0 Å². The number of likely N-dealkylation sites (N-methyl/N-ethyl adjacent to an activating group) is 1. The lowest BCUT2D eigenvalue weighted by atomic mass is 10.0. The van der Waals surface area contributed by atoms with Crippen LogP contribution in [0.3, 0.4) is 0 Å². The Balaban J connectivity index is 2.87. The van der Waals surface area contributed by atoms with Gasteiger partial charge in [0.05, 0.1) is 0 Å². The van der Waals surface area contributed by atoms with Crippen molar-refractivity contribution < 1.29 is 9.90 Å². The summed E-state index contributed by atoms with van der Waals surface area (Å²) in [6.45, 7) is 6.63. The van der Waals surface area contributed by atoms with Crippen molar-refractivity contribution in [2.75, 3.05) is 6.54 Å². The maximum atomic E-state index is 11.2. The van der Waals surface area contributed by atoms with E-state index in [0.29, 0.717) is 18.1 Å². The molecule has 0 unspecified atom stereocenters. The molecule has 1 aromatic carbocycles. The Morgan fingerprint density at radius 1 is 1.47 bits per heavy atom. The van der Waals surface area contributed by atoms with Gasteiger partial charge in [-0.25, -0.2) is 0 Å². The monoisotopic (exact) mass is 255 g/mol. The summed E-state index contributed by atoms with van der Waals surface area (Å²) in [5.74, 6) is -0.818. The predicted octanol–water partition coefficient (Wildman–Crippen LogP) is 3.03. The molecule has 94 valence electrons. The fourth-order valence-corrected chi connectivity index (χ4v) is 1.91. The van der Waals surface area contributed by atoms with Gasteiger partial charge in [-0.05, 0) is 38.1 Å². The summed E-state index contributed by atoms with van der Waals surface area (Å²) in [7, 11) is 0. The van der Waals surface area contributed by atoms with Crippen molar-refractivity contribution in [2.45, 2.75) is 32.9 Å². The van der Waals surface area contributed by atoms with Crippen molar-refractivity contribution in [3.8, 4) is 0 Å². The molecule has 0 saturated carbocycles. The predicted molar refractivity (Wildman–Crippen MR) is 69.3 cm³/mol. The number of hydrogen-bond acceptors (Lipinski definition) is 2. The van der Waals surface area contributed by atoms with Gasteiger partial charge >= 0.3 is 5.97 Å². The summed E-state index contributed by atoms with van der Waals surface area (Å²) in [5, 5.41) is 9.88. The molecule has 0 aliphatic carbocycles. The molecule has 0 aliphatic rings. The van der Waals surface area contributed by atoms with Crippen molar-refractivity contribution in [3.63, 3.8) is 0 Å². The highest BCUT2D eigenvalue weighted by Crippen LogP contribution is 2.19. The third-order valence-corrected chi connectivity index (χ3v) is 3.19. The number of benzene rings is 1. The van der Waals surface area contributed by atoms with Gasteiger partial charge in [-0.3, -0.25) is 9.69 Å². The second kappa shape index (κ2) is 5.52. The second-order valence-corrected chi connectivity index (χ2v) is 4.94. The molecule has 1 N–H and O–H groups in total. The van der Waals surface area contributed by atoms with Crippen molar-refractivity contribution in [1.29, 1.82) is 0 Å². The van der Waals surface area contributed by atoms with E-state index in [1.807, 2.05) is 36.1 Å². The van der Waals surface area contributed by atoms with E-state index in [2.05, 4.69) is 0 Å². The highest BCUT2D eigenvalue weighted by molar-refractivity contribution is 6.30. The van der Waals surface area contributed by atoms with Crippen molar-refractivity contribution in [2.24, 2.45) is 0 Å². The Morgan fingerprint density at radius 3 is 2.59 bits per heavy atom. The second-order valence-electron chi connectivity index (χ2n) is 4.51. The molecule has 0 heterocycles. The minimum atomic E-state index is -0.878. The van der Waals surface area contributed by atoms with Gasteiger partial charge in [-0.2, -0.15) is 0 Å². The first-order chi connectivity index (χ1) is 7.87. The van der Waals surface area contributed by atoms with Crippen LogP contribution in [0.2, 0.25) is 5.02 Å². The first-order valence-corrected chi connectivity index (χ1v) is 5.98. The minimum absolute atomic E-state index is 0.580. The Kier molecular flexibility index (Phi) is 4.54. The lowest BCUT2D eigenvalue weighted by molar-refractivity contribution is -0.149. The molecule has 0 aromatic heterocycles. The summed E-state index contributed by atoms with van der Waals surface area (Å²) in [5.41, 5.74) is 0.144. The molecule has 0 spiro atoms. The van der Waals surface area contributed by atoms with E-state index in [1.165, 1.54) is 0 Å². The number of carboxylic acid groups (broad SMARTS) is 1. The van der Waals surface area contributed by atoms with E-state index in [0.717, 1.165) is 5.56 Å². The third-order valence-electron chi connectivity index (χ3n) is 2.96. The van der Waals surface area contributed by atoms with E-state index in [4.69, 9.17) is 11.6 Å². The van der Waals surface area contributed by atoms with Crippen molar-refractivity contribution in [1.82, 2.24) is 4.90 Å². The third kappa shape index (κ3) is 3.45. The number of carboxylic acids is 1. The van der Waals surface area contributed by atoms with Crippen LogP contribution in [0, 0.1) is 0 Å². The smallest absolute Gasteiger partial charge is 0.323 e.